The first-order valence-electron chi connectivity index (χ1n) is 4.93. The fourth-order valence-electron chi connectivity index (χ4n) is 1.26. The van der Waals surface area contributed by atoms with E-state index < -0.39 is 18.0 Å². The lowest BCUT2D eigenvalue weighted by Crippen LogP contribution is -2.13. The van der Waals surface area contributed by atoms with Gasteiger partial charge in [-0.25, -0.2) is 8.78 Å². The van der Waals surface area contributed by atoms with Crippen LogP contribution in [-0.2, 0) is 16.0 Å². The minimum atomic E-state index is -2.75. The Balaban J connectivity index is 2.96. The van der Waals surface area contributed by atoms with Crippen molar-refractivity contribution in [2.75, 3.05) is 18.1 Å². The second-order valence-electron chi connectivity index (χ2n) is 3.27. The predicted molar refractivity (Wildman–Crippen MR) is 58.4 cm³/mol. The van der Waals surface area contributed by atoms with E-state index in [1.54, 1.807) is 6.92 Å². The Kier molecular flexibility index (Phi) is 4.19. The third kappa shape index (κ3) is 3.02. The summed E-state index contributed by atoms with van der Waals surface area (Å²) in [6.45, 7) is 1.88. The van der Waals surface area contributed by atoms with Crippen LogP contribution >= 0.6 is 0 Å². The van der Waals surface area contributed by atoms with Gasteiger partial charge in [0.2, 0.25) is 0 Å². The molecule has 1 heterocycles. The number of hydrogen-bond donors (Lipinski definition) is 2. The van der Waals surface area contributed by atoms with Crippen molar-refractivity contribution < 1.29 is 18.3 Å². The maximum Gasteiger partial charge on any atom is 0.311 e. The fourth-order valence-corrected chi connectivity index (χ4v) is 1.26. The summed E-state index contributed by atoms with van der Waals surface area (Å²) in [5.41, 5.74) is 10.3. The molecule has 0 aliphatic heterocycles. The zero-order valence-electron chi connectivity index (χ0n) is 9.24. The van der Waals surface area contributed by atoms with Gasteiger partial charge in [0, 0.05) is 6.20 Å². The van der Waals surface area contributed by atoms with E-state index in [2.05, 4.69) is 4.98 Å². The number of halogens is 2. The highest BCUT2D eigenvalue weighted by molar-refractivity contribution is 5.78. The number of pyridine rings is 1. The molecule has 0 amide bonds. The summed E-state index contributed by atoms with van der Waals surface area (Å²) >= 11 is 0. The van der Waals surface area contributed by atoms with Crippen molar-refractivity contribution in [3.8, 4) is 0 Å². The first-order valence-corrected chi connectivity index (χ1v) is 4.93. The highest BCUT2D eigenvalue weighted by Gasteiger charge is 2.18. The first kappa shape index (κ1) is 13.1. The van der Waals surface area contributed by atoms with Gasteiger partial charge in [-0.3, -0.25) is 9.78 Å². The van der Waals surface area contributed by atoms with Crippen molar-refractivity contribution in [1.29, 1.82) is 0 Å². The molecule has 0 unspecified atom stereocenters. The van der Waals surface area contributed by atoms with Gasteiger partial charge in [0.05, 0.1) is 35.7 Å². The Morgan fingerprint density at radius 3 is 2.65 bits per heavy atom. The molecule has 0 aromatic carbocycles. The van der Waals surface area contributed by atoms with Crippen LogP contribution in [0.3, 0.4) is 0 Å². The van der Waals surface area contributed by atoms with Crippen molar-refractivity contribution in [2.45, 2.75) is 19.8 Å². The van der Waals surface area contributed by atoms with Crippen LogP contribution in [0.15, 0.2) is 6.20 Å². The smallest absolute Gasteiger partial charge is 0.311 e. The van der Waals surface area contributed by atoms with Gasteiger partial charge in [-0.05, 0) is 6.92 Å². The first-order chi connectivity index (χ1) is 7.97. The van der Waals surface area contributed by atoms with Gasteiger partial charge < -0.3 is 16.2 Å². The summed E-state index contributed by atoms with van der Waals surface area (Å²) in [5, 5.41) is 0. The number of nitrogens with zero attached hydrogens (tertiary/aromatic N) is 1. The molecule has 1 aromatic rings. The SMILES string of the molecule is CCOC(=O)Cc1ncc(C(F)F)c(N)c1N. The van der Waals surface area contributed by atoms with Gasteiger partial charge in [-0.1, -0.05) is 0 Å². The highest BCUT2D eigenvalue weighted by Crippen LogP contribution is 2.30. The van der Waals surface area contributed by atoms with E-state index in [0.29, 0.717) is 0 Å². The molecule has 4 N–H and O–H groups in total. The molecule has 1 aromatic heterocycles. The van der Waals surface area contributed by atoms with Crippen LogP contribution in [0.25, 0.3) is 0 Å². The van der Waals surface area contributed by atoms with Crippen LogP contribution < -0.4 is 11.5 Å². The van der Waals surface area contributed by atoms with Gasteiger partial charge in [0.1, 0.15) is 0 Å². The molecule has 0 saturated heterocycles. The number of esters is 1. The average Bonchev–Trinajstić information content (AvgIpc) is 2.25. The minimum absolute atomic E-state index is 0.101. The Bertz CT molecular complexity index is 424. The largest absolute Gasteiger partial charge is 0.466 e. The molecule has 1 rings (SSSR count). The number of carbonyl (C=O) groups is 1. The molecule has 0 spiro atoms. The lowest BCUT2D eigenvalue weighted by Gasteiger charge is -2.10. The molecule has 7 heteroatoms. The summed E-state index contributed by atoms with van der Waals surface area (Å²) in [6, 6.07) is 0. The van der Waals surface area contributed by atoms with Gasteiger partial charge in [-0.2, -0.15) is 0 Å². The second-order valence-corrected chi connectivity index (χ2v) is 3.27. The van der Waals surface area contributed by atoms with E-state index in [1.807, 2.05) is 0 Å². The maximum absolute atomic E-state index is 12.5. The summed E-state index contributed by atoms with van der Waals surface area (Å²) in [4.78, 5) is 14.9. The van der Waals surface area contributed by atoms with Crippen LogP contribution in [0.1, 0.15) is 24.6 Å². The Morgan fingerprint density at radius 2 is 2.12 bits per heavy atom. The molecule has 0 aliphatic rings. The molecular weight excluding hydrogens is 232 g/mol. The molecule has 0 radical (unpaired) electrons. The number of aromatic nitrogens is 1. The van der Waals surface area contributed by atoms with Gasteiger partial charge in [0.25, 0.3) is 6.43 Å². The van der Waals surface area contributed by atoms with Crippen molar-refractivity contribution in [2.24, 2.45) is 0 Å². The molecule has 0 fully saturated rings. The predicted octanol–water partition coefficient (Wildman–Crippen LogP) is 1.29. The maximum atomic E-state index is 12.5. The van der Waals surface area contributed by atoms with Crippen LogP contribution in [0.5, 0.6) is 0 Å². The summed E-state index contributed by atoms with van der Waals surface area (Å²) in [7, 11) is 0. The number of nitrogens with two attached hydrogens (primary N) is 2. The zero-order valence-corrected chi connectivity index (χ0v) is 9.24. The van der Waals surface area contributed by atoms with Crippen molar-refractivity contribution in [3.63, 3.8) is 0 Å². The minimum Gasteiger partial charge on any atom is -0.466 e. The van der Waals surface area contributed by atoms with E-state index in [0.717, 1.165) is 6.20 Å². The molecule has 0 atom stereocenters. The number of anilines is 2. The summed E-state index contributed by atoms with van der Waals surface area (Å²) in [6.07, 6.45) is -2.01. The van der Waals surface area contributed by atoms with Gasteiger partial charge >= 0.3 is 5.97 Å². The number of ether oxygens (including phenoxy) is 1. The van der Waals surface area contributed by atoms with Crippen LogP contribution in [0.2, 0.25) is 0 Å². The average molecular weight is 245 g/mol. The van der Waals surface area contributed by atoms with E-state index in [9.17, 15) is 13.6 Å². The normalized spacial score (nSPS) is 10.6. The molecule has 94 valence electrons. The van der Waals surface area contributed by atoms with Crippen molar-refractivity contribution in [1.82, 2.24) is 4.98 Å². The number of hydrogen-bond acceptors (Lipinski definition) is 5. The lowest BCUT2D eigenvalue weighted by atomic mass is 10.1. The van der Waals surface area contributed by atoms with E-state index >= 15 is 0 Å². The number of nitrogen functional groups attached to an aromatic ring is 2. The van der Waals surface area contributed by atoms with Crippen LogP contribution in [0.4, 0.5) is 20.2 Å². The number of alkyl halides is 2. The summed E-state index contributed by atoms with van der Waals surface area (Å²) < 4.78 is 29.6. The fraction of sp³-hybridized carbons (Fsp3) is 0.400. The Labute approximate surface area is 96.8 Å². The summed E-state index contributed by atoms with van der Waals surface area (Å²) in [5.74, 6) is -0.532. The topological polar surface area (TPSA) is 91.2 Å². The van der Waals surface area contributed by atoms with E-state index in [4.69, 9.17) is 16.2 Å². The molecule has 0 bridgehead atoms. The third-order valence-electron chi connectivity index (χ3n) is 2.12. The Morgan fingerprint density at radius 1 is 1.47 bits per heavy atom. The van der Waals surface area contributed by atoms with Crippen LogP contribution in [-0.4, -0.2) is 17.6 Å². The molecule has 0 saturated carbocycles. The molecular formula is C10H13F2N3O2. The van der Waals surface area contributed by atoms with Crippen LogP contribution in [0, 0.1) is 0 Å². The standard InChI is InChI=1S/C10H13F2N3O2/c1-2-17-7(16)3-6-9(14)8(13)5(4-15-6)10(11)12/h4,10H,2-3,14H2,1H3,(H2,13,15). The third-order valence-corrected chi connectivity index (χ3v) is 2.12. The second kappa shape index (κ2) is 5.42. The number of carbonyl (C=O) groups excluding carboxylic acids is 1. The van der Waals surface area contributed by atoms with Gasteiger partial charge in [-0.15, -0.1) is 0 Å². The number of rotatable bonds is 4. The van der Waals surface area contributed by atoms with E-state index in [-0.39, 0.29) is 30.1 Å². The molecule has 17 heavy (non-hydrogen) atoms. The van der Waals surface area contributed by atoms with Crippen molar-refractivity contribution >= 4 is 17.3 Å². The highest BCUT2D eigenvalue weighted by atomic mass is 19.3. The Hall–Kier alpha value is -1.92. The monoisotopic (exact) mass is 245 g/mol. The van der Waals surface area contributed by atoms with E-state index in [1.165, 1.54) is 0 Å². The van der Waals surface area contributed by atoms with Crippen molar-refractivity contribution in [3.05, 3.63) is 17.5 Å². The molecule has 0 aliphatic carbocycles. The van der Waals surface area contributed by atoms with Gasteiger partial charge in [0.15, 0.2) is 0 Å². The lowest BCUT2D eigenvalue weighted by molar-refractivity contribution is -0.142. The quantitative estimate of drug-likeness (QED) is 0.780. The zero-order chi connectivity index (χ0) is 13.0. The molecule has 5 nitrogen and oxygen atoms in total.